The van der Waals surface area contributed by atoms with Crippen LogP contribution >= 0.6 is 22.9 Å². The van der Waals surface area contributed by atoms with Gasteiger partial charge in [-0.05, 0) is 30.7 Å². The van der Waals surface area contributed by atoms with Gasteiger partial charge in [-0.25, -0.2) is 4.98 Å². The molecule has 3 aromatic heterocycles. The van der Waals surface area contributed by atoms with Crippen molar-refractivity contribution in [3.05, 3.63) is 63.8 Å². The molecule has 4 heterocycles. The molecule has 3 N–H and O–H groups in total. The Labute approximate surface area is 200 Å². The molecule has 0 amide bonds. The van der Waals surface area contributed by atoms with Gasteiger partial charge < -0.3 is 24.7 Å². The van der Waals surface area contributed by atoms with Crippen LogP contribution in [0, 0.1) is 0 Å². The fourth-order valence-electron chi connectivity index (χ4n) is 4.16. The molecule has 9 heteroatoms. The Morgan fingerprint density at radius 1 is 1.27 bits per heavy atom. The molecule has 1 aliphatic heterocycles. The molecule has 0 saturated heterocycles. The minimum atomic E-state index is -0.507. The molecule has 2 atom stereocenters. The highest BCUT2D eigenvalue weighted by Gasteiger charge is 2.32. The van der Waals surface area contributed by atoms with Gasteiger partial charge in [0.25, 0.3) is 0 Å². The lowest BCUT2D eigenvalue weighted by atomic mass is 10.0. The molecule has 7 nitrogen and oxygen atoms in total. The molecular formula is C24H24ClN3O4S. The summed E-state index contributed by atoms with van der Waals surface area (Å²) in [6.45, 7) is 2.98. The summed E-state index contributed by atoms with van der Waals surface area (Å²) in [5.41, 5.74) is 4.48. The Balaban J connectivity index is 1.52. The zero-order valence-corrected chi connectivity index (χ0v) is 19.6. The Morgan fingerprint density at radius 3 is 2.97 bits per heavy atom. The Morgan fingerprint density at radius 2 is 2.15 bits per heavy atom. The van der Waals surface area contributed by atoms with Gasteiger partial charge in [0, 0.05) is 52.3 Å². The van der Waals surface area contributed by atoms with E-state index >= 15 is 0 Å². The first kappa shape index (κ1) is 22.3. The summed E-state index contributed by atoms with van der Waals surface area (Å²) in [7, 11) is 0. The highest BCUT2D eigenvalue weighted by molar-refractivity contribution is 7.19. The second kappa shape index (κ2) is 9.40. The largest absolute Gasteiger partial charge is 0.481 e. The highest BCUT2D eigenvalue weighted by atomic mass is 35.5. The van der Waals surface area contributed by atoms with E-state index in [0.717, 1.165) is 43.2 Å². The second-order valence-corrected chi connectivity index (χ2v) is 9.48. The predicted molar refractivity (Wildman–Crippen MR) is 128 cm³/mol. The third-order valence-electron chi connectivity index (χ3n) is 5.78. The van der Waals surface area contributed by atoms with Crippen LogP contribution in [0.3, 0.4) is 0 Å². The molecule has 2 unspecified atom stereocenters. The molecule has 0 radical (unpaired) electrons. The summed E-state index contributed by atoms with van der Waals surface area (Å²) >= 11 is 8.07. The van der Waals surface area contributed by atoms with Gasteiger partial charge in [0.05, 0.1) is 28.6 Å². The number of thiophene rings is 1. The van der Waals surface area contributed by atoms with Crippen LogP contribution in [0.4, 0.5) is 0 Å². The lowest BCUT2D eigenvalue weighted by Gasteiger charge is -2.13. The summed E-state index contributed by atoms with van der Waals surface area (Å²) in [5.74, 6) is 1.44. The summed E-state index contributed by atoms with van der Waals surface area (Å²) in [6.07, 6.45) is 3.63. The number of halogens is 1. The minimum Gasteiger partial charge on any atom is -0.481 e. The summed E-state index contributed by atoms with van der Waals surface area (Å²) in [4.78, 5) is 9.71. The number of benzene rings is 1. The molecule has 33 heavy (non-hydrogen) atoms. The Bertz CT molecular complexity index is 1290. The van der Waals surface area contributed by atoms with E-state index in [1.165, 1.54) is 6.39 Å². The van der Waals surface area contributed by atoms with Crippen molar-refractivity contribution in [2.24, 2.45) is 0 Å². The smallest absolute Gasteiger partial charge is 0.181 e. The van der Waals surface area contributed by atoms with Crippen molar-refractivity contribution in [3.63, 3.8) is 0 Å². The van der Waals surface area contributed by atoms with Crippen molar-refractivity contribution in [1.29, 1.82) is 0 Å². The summed E-state index contributed by atoms with van der Waals surface area (Å²) in [6, 6.07) is 7.76. The highest BCUT2D eigenvalue weighted by Crippen LogP contribution is 2.48. The molecule has 1 aliphatic rings. The van der Waals surface area contributed by atoms with Gasteiger partial charge in [0.15, 0.2) is 18.3 Å². The first-order valence-electron chi connectivity index (χ1n) is 10.9. The maximum atomic E-state index is 10.3. The fourth-order valence-corrected chi connectivity index (χ4v) is 5.62. The van der Waals surface area contributed by atoms with Gasteiger partial charge >= 0.3 is 0 Å². The number of ether oxygens (including phenoxy) is 1. The maximum Gasteiger partial charge on any atom is 0.181 e. The normalized spacial score (nSPS) is 16.2. The maximum absolute atomic E-state index is 10.3. The molecule has 0 saturated carbocycles. The van der Waals surface area contributed by atoms with Gasteiger partial charge in [-0.15, -0.1) is 11.3 Å². The topological polar surface area (TPSA) is 101 Å². The van der Waals surface area contributed by atoms with Crippen LogP contribution < -0.4 is 10.1 Å². The lowest BCUT2D eigenvalue weighted by Crippen LogP contribution is -2.19. The van der Waals surface area contributed by atoms with Crippen molar-refractivity contribution >= 4 is 33.2 Å². The third-order valence-corrected chi connectivity index (χ3v) is 7.26. The third kappa shape index (κ3) is 4.25. The first-order valence-corrected chi connectivity index (χ1v) is 12.1. The van der Waals surface area contributed by atoms with E-state index in [0.29, 0.717) is 36.7 Å². The van der Waals surface area contributed by atoms with E-state index in [1.54, 1.807) is 17.5 Å². The number of pyridine rings is 1. The van der Waals surface area contributed by atoms with Crippen LogP contribution in [0.1, 0.15) is 47.4 Å². The number of aromatic nitrogens is 2. The fraction of sp³-hybridized carbons (Fsp3) is 0.333. The van der Waals surface area contributed by atoms with Crippen molar-refractivity contribution in [3.8, 4) is 16.9 Å². The van der Waals surface area contributed by atoms with Crippen molar-refractivity contribution in [2.75, 3.05) is 13.2 Å². The number of nitrogens with one attached hydrogen (secondary N) is 1. The molecule has 172 valence electrons. The first-order chi connectivity index (χ1) is 16.1. The molecule has 0 spiro atoms. The van der Waals surface area contributed by atoms with E-state index < -0.39 is 6.10 Å². The van der Waals surface area contributed by atoms with Crippen LogP contribution in [-0.2, 0) is 13.0 Å². The molecule has 4 aromatic rings. The number of hydrogen-bond donors (Lipinski definition) is 3. The minimum absolute atomic E-state index is 0.0561. The SMILES string of the molecule is CCC(O)c1cc2nccc(-c3cc(Cl)cc4c3OC(c3ocnc3CNCCO)C4)c2s1. The van der Waals surface area contributed by atoms with E-state index in [9.17, 15) is 5.11 Å². The lowest BCUT2D eigenvalue weighted by molar-refractivity contribution is 0.177. The quantitative estimate of drug-likeness (QED) is 0.308. The van der Waals surface area contributed by atoms with Crippen LogP contribution in [0.5, 0.6) is 5.75 Å². The van der Waals surface area contributed by atoms with E-state index in [-0.39, 0.29) is 12.7 Å². The average Bonchev–Trinajstić information content (AvgIpc) is 3.55. The van der Waals surface area contributed by atoms with Gasteiger partial charge in [0.1, 0.15) is 5.75 Å². The van der Waals surface area contributed by atoms with E-state index in [4.69, 9.17) is 25.9 Å². The Kier molecular flexibility index (Phi) is 6.36. The number of fused-ring (bicyclic) bond motifs is 2. The number of hydrogen-bond acceptors (Lipinski definition) is 8. The van der Waals surface area contributed by atoms with Crippen molar-refractivity contribution in [1.82, 2.24) is 15.3 Å². The van der Waals surface area contributed by atoms with Gasteiger partial charge in [-0.1, -0.05) is 18.5 Å². The molecule has 0 fully saturated rings. The zero-order valence-electron chi connectivity index (χ0n) is 18.0. The van der Waals surface area contributed by atoms with Gasteiger partial charge in [0.2, 0.25) is 0 Å². The molecule has 1 aromatic carbocycles. The Hall–Kier alpha value is -2.49. The van der Waals surface area contributed by atoms with Crippen LogP contribution in [0.2, 0.25) is 5.02 Å². The molecular weight excluding hydrogens is 462 g/mol. The van der Waals surface area contributed by atoms with Crippen molar-refractivity contribution < 1.29 is 19.4 Å². The second-order valence-electron chi connectivity index (χ2n) is 7.96. The van der Waals surface area contributed by atoms with E-state index in [1.807, 2.05) is 31.2 Å². The number of nitrogens with zero attached hydrogens (tertiary/aromatic N) is 2. The van der Waals surface area contributed by atoms with E-state index in [2.05, 4.69) is 15.3 Å². The predicted octanol–water partition coefficient (Wildman–Crippen LogP) is 4.81. The standard InChI is InChI=1S/C24H24ClN3O4S/c1-2-19(30)21-10-17-24(33-21)15(3-4-27-17)16-9-14(25)7-13-8-20(32-22(13)16)23-18(28-12-31-23)11-26-5-6-29/h3-4,7,9-10,12,19-20,26,29-30H,2,5-6,8,11H2,1H3. The van der Waals surface area contributed by atoms with Crippen LogP contribution in [0.15, 0.2) is 41.3 Å². The van der Waals surface area contributed by atoms with Crippen LogP contribution in [-0.4, -0.2) is 33.3 Å². The monoisotopic (exact) mass is 485 g/mol. The number of aliphatic hydroxyl groups is 2. The molecule has 0 bridgehead atoms. The molecule has 0 aliphatic carbocycles. The number of oxazole rings is 1. The van der Waals surface area contributed by atoms with Crippen molar-refractivity contribution in [2.45, 2.75) is 38.5 Å². The number of aliphatic hydroxyl groups excluding tert-OH is 2. The average molecular weight is 486 g/mol. The summed E-state index contributed by atoms with van der Waals surface area (Å²) in [5, 5.41) is 23.1. The van der Waals surface area contributed by atoms with Crippen LogP contribution in [0.25, 0.3) is 21.3 Å². The molecule has 5 rings (SSSR count). The van der Waals surface area contributed by atoms with Gasteiger partial charge in [-0.3, -0.25) is 4.98 Å². The van der Waals surface area contributed by atoms with Gasteiger partial charge in [-0.2, -0.15) is 0 Å². The number of rotatable bonds is 8. The zero-order chi connectivity index (χ0) is 22.9. The summed E-state index contributed by atoms with van der Waals surface area (Å²) < 4.78 is 13.1.